The van der Waals surface area contributed by atoms with E-state index in [0.29, 0.717) is 0 Å². The van der Waals surface area contributed by atoms with Crippen molar-refractivity contribution < 1.29 is 32.7 Å². The third kappa shape index (κ3) is 6.72. The molecule has 0 aliphatic carbocycles. The molecule has 13 heavy (non-hydrogen) atoms. The summed E-state index contributed by atoms with van der Waals surface area (Å²) in [6.07, 6.45) is 2.61. The maximum Gasteiger partial charge on any atom is 1.00 e. The molecule has 0 unspecified atom stereocenters. The molecule has 0 saturated heterocycles. The summed E-state index contributed by atoms with van der Waals surface area (Å²) in [5.41, 5.74) is 0. The zero-order chi connectivity index (χ0) is 8.65. The molecule has 0 amide bonds. The fourth-order valence-corrected chi connectivity index (χ4v) is 3.07. The van der Waals surface area contributed by atoms with Crippen molar-refractivity contribution in [3.63, 3.8) is 0 Å². The Hall–Kier alpha value is 0.687. The van der Waals surface area contributed by atoms with E-state index in [1.807, 2.05) is 24.0 Å². The van der Waals surface area contributed by atoms with Crippen molar-refractivity contribution >= 4 is 10.2 Å². The molecule has 0 fully saturated rings. The van der Waals surface area contributed by atoms with Gasteiger partial charge >= 0.3 is 103 Å². The zero-order valence-corrected chi connectivity index (χ0v) is 9.98. The molecular weight excluding hydrogens is 223 g/mol. The van der Waals surface area contributed by atoms with Gasteiger partial charge in [0.2, 0.25) is 0 Å². The minimum atomic E-state index is 0. The van der Waals surface area contributed by atoms with Gasteiger partial charge in [0.15, 0.2) is 0 Å². The van der Waals surface area contributed by atoms with Gasteiger partial charge in [0.1, 0.15) is 0 Å². The van der Waals surface area contributed by atoms with Crippen LogP contribution in [0, 0.1) is 0 Å². The molecule has 1 rings (SSSR count). The van der Waals surface area contributed by atoms with Crippen LogP contribution in [0.15, 0.2) is 35.2 Å². The second-order valence-corrected chi connectivity index (χ2v) is 5.10. The molecule has 0 bridgehead atoms. The molecule has 72 valence electrons. The Morgan fingerprint density at radius 1 is 1.23 bits per heavy atom. The van der Waals surface area contributed by atoms with Crippen molar-refractivity contribution in [1.29, 1.82) is 0 Å². The number of hydrogen-bond acceptors (Lipinski definition) is 1. The predicted octanol–water partition coefficient (Wildman–Crippen LogP) is 0.999. The second kappa shape index (κ2) is 9.25. The zero-order valence-electron chi connectivity index (χ0n) is 8.22. The molecule has 1 aromatic carbocycles. The first kappa shape index (κ1) is 13.7. The SMILES string of the molecule is CCC[CH2][Cu-][S]c1ccccc1.[Li+]. The average molecular weight is 237 g/mol. The van der Waals surface area contributed by atoms with Gasteiger partial charge in [-0.3, -0.25) is 0 Å². The van der Waals surface area contributed by atoms with Crippen molar-refractivity contribution in [3.05, 3.63) is 30.3 Å². The van der Waals surface area contributed by atoms with Crippen molar-refractivity contribution in [1.82, 2.24) is 0 Å². The molecule has 0 heterocycles. The van der Waals surface area contributed by atoms with Gasteiger partial charge in [-0.25, -0.2) is 0 Å². The Bertz CT molecular complexity index is 203. The normalized spacial score (nSPS) is 9.62. The van der Waals surface area contributed by atoms with Gasteiger partial charge in [0, 0.05) is 0 Å². The summed E-state index contributed by atoms with van der Waals surface area (Å²) in [5.74, 6) is 0. The Kier molecular flexibility index (Phi) is 9.74. The first-order chi connectivity index (χ1) is 5.93. The van der Waals surface area contributed by atoms with Crippen LogP contribution in [0.2, 0.25) is 5.32 Å². The fourth-order valence-electron chi connectivity index (χ4n) is 0.693. The molecule has 3 heteroatoms. The molecule has 0 atom stereocenters. The molecule has 0 N–H and O–H groups in total. The van der Waals surface area contributed by atoms with Crippen LogP contribution >= 0.6 is 10.2 Å². The summed E-state index contributed by atoms with van der Waals surface area (Å²) in [5, 5.41) is 1.25. The summed E-state index contributed by atoms with van der Waals surface area (Å²) < 4.78 is 0. The van der Waals surface area contributed by atoms with Crippen LogP contribution in [-0.2, 0) is 13.8 Å². The molecule has 0 spiro atoms. The minimum Gasteiger partial charge on any atom is 1.00 e. The Balaban J connectivity index is 0.00000144. The number of rotatable bonds is 5. The van der Waals surface area contributed by atoms with Gasteiger partial charge < -0.3 is 0 Å². The van der Waals surface area contributed by atoms with E-state index in [1.165, 1.54) is 23.1 Å². The van der Waals surface area contributed by atoms with Gasteiger partial charge in [-0.1, -0.05) is 0 Å². The molecule has 0 aliphatic heterocycles. The van der Waals surface area contributed by atoms with Crippen LogP contribution in [0.3, 0.4) is 0 Å². The van der Waals surface area contributed by atoms with Crippen LogP contribution in [0.4, 0.5) is 0 Å². The van der Waals surface area contributed by atoms with Crippen molar-refractivity contribution in [2.45, 2.75) is 30.0 Å². The molecule has 1 aromatic rings. The first-order valence-electron chi connectivity index (χ1n) is 4.16. The smallest absolute Gasteiger partial charge is 1.00 e. The summed E-state index contributed by atoms with van der Waals surface area (Å²) >= 11 is 2.03. The molecule has 0 nitrogen and oxygen atoms in total. The number of unbranched alkanes of at least 4 members (excludes halogenated alkanes) is 1. The Morgan fingerprint density at radius 2 is 1.92 bits per heavy atom. The standard InChI is InChI=1S/C6H6S.C4H9.Cu.Li/c7-6-4-2-1-3-5-6;1-3-4-2;;/h1-5,7H;1,3-4H2,2H3;;/q;;;+1/p-1. The average Bonchev–Trinajstić information content (AvgIpc) is 2.14. The summed E-state index contributed by atoms with van der Waals surface area (Å²) in [6, 6.07) is 10.5. The third-order valence-electron chi connectivity index (χ3n) is 1.38. The second-order valence-electron chi connectivity index (χ2n) is 2.47. The predicted molar refractivity (Wildman–Crippen MR) is 52.0 cm³/mol. The van der Waals surface area contributed by atoms with E-state index in [-0.39, 0.29) is 18.9 Å². The van der Waals surface area contributed by atoms with Crippen LogP contribution in [0.5, 0.6) is 0 Å². The summed E-state index contributed by atoms with van der Waals surface area (Å²) in [7, 11) is 1.87. The summed E-state index contributed by atoms with van der Waals surface area (Å²) in [4.78, 5) is 1.36. The van der Waals surface area contributed by atoms with E-state index in [0.717, 1.165) is 0 Å². The van der Waals surface area contributed by atoms with Gasteiger partial charge in [0.05, 0.1) is 0 Å². The quantitative estimate of drug-likeness (QED) is 0.543. The minimum absolute atomic E-state index is 0. The molecular formula is C10H14CuLiS. The van der Waals surface area contributed by atoms with Crippen LogP contribution < -0.4 is 18.9 Å². The largest absolute Gasteiger partial charge is 1.00 e. The van der Waals surface area contributed by atoms with E-state index < -0.39 is 0 Å². The van der Waals surface area contributed by atoms with E-state index in [1.54, 1.807) is 0 Å². The van der Waals surface area contributed by atoms with Gasteiger partial charge in [-0.2, -0.15) is 0 Å². The monoisotopic (exact) mass is 236 g/mol. The molecule has 0 aromatic heterocycles. The van der Waals surface area contributed by atoms with Gasteiger partial charge in [-0.15, -0.1) is 0 Å². The molecule has 0 aliphatic rings. The van der Waals surface area contributed by atoms with Crippen LogP contribution in [0.1, 0.15) is 19.8 Å². The maximum atomic E-state index is 2.23. The van der Waals surface area contributed by atoms with E-state index >= 15 is 0 Å². The number of hydrogen-bond donors (Lipinski definition) is 0. The topological polar surface area (TPSA) is 0 Å². The van der Waals surface area contributed by atoms with E-state index in [2.05, 4.69) is 37.3 Å². The van der Waals surface area contributed by atoms with E-state index in [9.17, 15) is 0 Å². The fraction of sp³-hybridized carbons (Fsp3) is 0.400. The van der Waals surface area contributed by atoms with Crippen molar-refractivity contribution in [2.75, 3.05) is 0 Å². The van der Waals surface area contributed by atoms with Gasteiger partial charge in [-0.05, 0) is 0 Å². The molecule has 0 radical (unpaired) electrons. The third-order valence-corrected chi connectivity index (χ3v) is 3.99. The van der Waals surface area contributed by atoms with Crippen molar-refractivity contribution in [2.24, 2.45) is 0 Å². The van der Waals surface area contributed by atoms with E-state index in [4.69, 9.17) is 0 Å². The Labute approximate surface area is 103 Å². The van der Waals surface area contributed by atoms with Crippen LogP contribution in [0.25, 0.3) is 0 Å². The maximum absolute atomic E-state index is 2.23. The van der Waals surface area contributed by atoms with Crippen molar-refractivity contribution in [3.8, 4) is 0 Å². The summed E-state index contributed by atoms with van der Waals surface area (Å²) in [6.45, 7) is 2.23. The number of benzene rings is 1. The van der Waals surface area contributed by atoms with Crippen LogP contribution in [-0.4, -0.2) is 0 Å². The molecule has 0 saturated carbocycles. The van der Waals surface area contributed by atoms with Gasteiger partial charge in [0.25, 0.3) is 0 Å². The first-order valence-corrected chi connectivity index (χ1v) is 6.63. The Morgan fingerprint density at radius 3 is 2.54 bits per heavy atom.